The van der Waals surface area contributed by atoms with Gasteiger partial charge in [0.2, 0.25) is 0 Å². The molecule has 4 rings (SSSR count). The minimum atomic E-state index is -0.355. The third-order valence-electron chi connectivity index (χ3n) is 7.12. The molecular weight excluding hydrogens is 622 g/mol. The summed E-state index contributed by atoms with van der Waals surface area (Å²) in [6, 6.07) is 5.42. The number of thioether (sulfide) groups is 1. The number of carbonyl (C=O) groups excluding carboxylic acids is 3. The van der Waals surface area contributed by atoms with Gasteiger partial charge in [-0.05, 0) is 135 Å². The van der Waals surface area contributed by atoms with E-state index in [0.29, 0.717) is 30.3 Å². The summed E-state index contributed by atoms with van der Waals surface area (Å²) in [7, 11) is 1.58. The summed E-state index contributed by atoms with van der Waals surface area (Å²) in [6.07, 6.45) is 7.34. The van der Waals surface area contributed by atoms with Gasteiger partial charge in [0.25, 0.3) is 11.1 Å². The van der Waals surface area contributed by atoms with Gasteiger partial charge in [-0.2, -0.15) is 0 Å². The molecule has 8 nitrogen and oxygen atoms in total. The Balaban J connectivity index is 0.000000247. The van der Waals surface area contributed by atoms with Crippen molar-refractivity contribution >= 4 is 50.9 Å². The summed E-state index contributed by atoms with van der Waals surface area (Å²) in [5, 5.41) is 1.87. The second kappa shape index (κ2) is 16.0. The fourth-order valence-electron chi connectivity index (χ4n) is 4.74. The Hall–Kier alpha value is -2.98. The molecule has 228 valence electrons. The molecule has 1 unspecified atom stereocenters. The van der Waals surface area contributed by atoms with E-state index >= 15 is 0 Å². The highest BCUT2D eigenvalue weighted by molar-refractivity contribution is 9.10. The molecule has 42 heavy (non-hydrogen) atoms. The van der Waals surface area contributed by atoms with Crippen molar-refractivity contribution in [3.63, 3.8) is 0 Å². The van der Waals surface area contributed by atoms with Crippen LogP contribution in [0, 0.1) is 20.8 Å². The van der Waals surface area contributed by atoms with E-state index in [0.717, 1.165) is 65.4 Å². The molecule has 2 heterocycles. The predicted molar refractivity (Wildman–Crippen MR) is 169 cm³/mol. The lowest BCUT2D eigenvalue weighted by molar-refractivity contribution is -0.143. The monoisotopic (exact) mass is 661 g/mol. The van der Waals surface area contributed by atoms with Crippen LogP contribution in [-0.4, -0.2) is 43.5 Å². The summed E-state index contributed by atoms with van der Waals surface area (Å²) in [5.74, 6) is 2.34. The number of amides is 2. The Labute approximate surface area is 261 Å². The third kappa shape index (κ3) is 9.01. The fourth-order valence-corrected chi connectivity index (χ4v) is 5.98. The smallest absolute Gasteiger partial charge is 0.305 e. The number of esters is 1. The molecular formula is C32H40BrNO7S. The van der Waals surface area contributed by atoms with Crippen molar-refractivity contribution in [3.05, 3.63) is 55.4 Å². The van der Waals surface area contributed by atoms with Crippen LogP contribution in [0.2, 0.25) is 0 Å². The van der Waals surface area contributed by atoms with E-state index in [4.69, 9.17) is 18.9 Å². The quantitative estimate of drug-likeness (QED) is 0.158. The fraction of sp³-hybridized carbons (Fsp3) is 0.469. The number of benzene rings is 2. The summed E-state index contributed by atoms with van der Waals surface area (Å²) < 4.78 is 23.0. The highest BCUT2D eigenvalue weighted by Crippen LogP contribution is 2.41. The van der Waals surface area contributed by atoms with Crippen LogP contribution < -0.4 is 19.5 Å². The molecule has 0 saturated carbocycles. The minimum absolute atomic E-state index is 0.102. The van der Waals surface area contributed by atoms with Crippen molar-refractivity contribution in [1.29, 1.82) is 0 Å². The molecule has 1 saturated heterocycles. The van der Waals surface area contributed by atoms with Crippen molar-refractivity contribution in [2.24, 2.45) is 0 Å². The maximum Gasteiger partial charge on any atom is 0.305 e. The number of halogens is 1. The van der Waals surface area contributed by atoms with E-state index in [1.54, 1.807) is 19.3 Å². The lowest BCUT2D eigenvalue weighted by Crippen LogP contribution is -2.21. The standard InChI is InChI=1S/C21H32O4.C11H8BrNO3S/c1-6-23-19(22)10-8-7-9-13-24-20-15(3)16(4)21-18(17(20)5)12-11-14(2)25-21;1-16-8-3-2-6(4-7(8)12)5-9-10(14)13-11(15)17-9/h14H,6-13H2,1-5H3;2-5H,1H3,(H,13,14,15)/b;9-5+. The van der Waals surface area contributed by atoms with Crippen molar-refractivity contribution in [2.45, 2.75) is 79.2 Å². The first kappa shape index (κ1) is 33.5. The van der Waals surface area contributed by atoms with Crippen LogP contribution in [0.3, 0.4) is 0 Å². The van der Waals surface area contributed by atoms with Gasteiger partial charge in [-0.1, -0.05) is 6.07 Å². The SMILES string of the molecule is CCOC(=O)CCCCCOc1c(C)c(C)c2c(c1C)CCC(C)O2.COc1ccc(/C=C2/SC(=O)NC2=O)cc1Br. The van der Waals surface area contributed by atoms with Gasteiger partial charge in [0.15, 0.2) is 0 Å². The molecule has 1 fully saturated rings. The summed E-state index contributed by atoms with van der Waals surface area (Å²) >= 11 is 4.25. The first-order chi connectivity index (χ1) is 20.0. The van der Waals surface area contributed by atoms with Crippen LogP contribution in [0.4, 0.5) is 4.79 Å². The van der Waals surface area contributed by atoms with Gasteiger partial charge in [0.05, 0.1) is 35.8 Å². The maximum absolute atomic E-state index is 11.3. The number of imide groups is 1. The molecule has 2 aromatic rings. The second-order valence-electron chi connectivity index (χ2n) is 10.2. The summed E-state index contributed by atoms with van der Waals surface area (Å²) in [4.78, 5) is 34.0. The number of carbonyl (C=O) groups is 3. The number of nitrogens with one attached hydrogen (secondary N) is 1. The molecule has 0 spiro atoms. The van der Waals surface area contributed by atoms with Gasteiger partial charge in [0, 0.05) is 12.0 Å². The Morgan fingerprint density at radius 1 is 1.14 bits per heavy atom. The first-order valence-electron chi connectivity index (χ1n) is 14.2. The molecule has 2 aromatic carbocycles. The molecule has 1 atom stereocenters. The number of ether oxygens (including phenoxy) is 4. The molecule has 10 heteroatoms. The number of fused-ring (bicyclic) bond motifs is 1. The van der Waals surface area contributed by atoms with E-state index in [1.807, 2.05) is 19.1 Å². The number of hydrogen-bond acceptors (Lipinski definition) is 8. The molecule has 0 radical (unpaired) electrons. The van der Waals surface area contributed by atoms with Crippen molar-refractivity contribution in [2.75, 3.05) is 20.3 Å². The van der Waals surface area contributed by atoms with Gasteiger partial charge in [-0.3, -0.25) is 19.7 Å². The lowest BCUT2D eigenvalue weighted by Gasteiger charge is -2.29. The Morgan fingerprint density at radius 3 is 2.55 bits per heavy atom. The van der Waals surface area contributed by atoms with Gasteiger partial charge in [0.1, 0.15) is 17.2 Å². The number of methoxy groups -OCH3 is 1. The van der Waals surface area contributed by atoms with Crippen molar-refractivity contribution < 1.29 is 33.3 Å². The summed E-state index contributed by atoms with van der Waals surface area (Å²) in [6.45, 7) is 11.5. The topological polar surface area (TPSA) is 100 Å². The number of unbranched alkanes of at least 4 members (excludes halogenated alkanes) is 2. The molecule has 2 aliphatic rings. The van der Waals surface area contributed by atoms with Crippen molar-refractivity contribution in [1.82, 2.24) is 5.32 Å². The van der Waals surface area contributed by atoms with E-state index in [2.05, 4.69) is 48.9 Å². The molecule has 1 N–H and O–H groups in total. The van der Waals surface area contributed by atoms with Gasteiger partial charge in [-0.25, -0.2) is 0 Å². The molecule has 2 amide bonds. The van der Waals surface area contributed by atoms with Crippen LogP contribution >= 0.6 is 27.7 Å². The molecule has 0 bridgehead atoms. The van der Waals surface area contributed by atoms with Crippen LogP contribution in [-0.2, 0) is 20.7 Å². The lowest BCUT2D eigenvalue weighted by atomic mass is 9.92. The Kier molecular flexibility index (Phi) is 12.8. The highest BCUT2D eigenvalue weighted by Gasteiger charge is 2.26. The van der Waals surface area contributed by atoms with E-state index in [1.165, 1.54) is 22.3 Å². The van der Waals surface area contributed by atoms with E-state index in [-0.39, 0.29) is 23.2 Å². The van der Waals surface area contributed by atoms with Crippen molar-refractivity contribution in [3.8, 4) is 17.2 Å². The molecule has 0 aromatic heterocycles. The Morgan fingerprint density at radius 2 is 1.90 bits per heavy atom. The largest absolute Gasteiger partial charge is 0.496 e. The maximum atomic E-state index is 11.3. The molecule has 2 aliphatic heterocycles. The second-order valence-corrected chi connectivity index (χ2v) is 12.1. The highest BCUT2D eigenvalue weighted by atomic mass is 79.9. The van der Waals surface area contributed by atoms with Crippen LogP contribution in [0.1, 0.15) is 73.8 Å². The van der Waals surface area contributed by atoms with Gasteiger partial charge < -0.3 is 18.9 Å². The number of hydrogen-bond donors (Lipinski definition) is 1. The predicted octanol–water partition coefficient (Wildman–Crippen LogP) is 7.61. The van der Waals surface area contributed by atoms with Gasteiger partial charge >= 0.3 is 5.97 Å². The zero-order valence-corrected chi connectivity index (χ0v) is 27.6. The first-order valence-corrected chi connectivity index (χ1v) is 15.8. The third-order valence-corrected chi connectivity index (χ3v) is 8.55. The van der Waals surface area contributed by atoms with Crippen LogP contribution in [0.15, 0.2) is 27.6 Å². The van der Waals surface area contributed by atoms with Crippen LogP contribution in [0.5, 0.6) is 17.2 Å². The normalized spacial score (nSPS) is 16.6. The van der Waals surface area contributed by atoms with E-state index < -0.39 is 0 Å². The average Bonchev–Trinajstić information content (AvgIpc) is 3.27. The Bertz CT molecular complexity index is 1340. The van der Waals surface area contributed by atoms with Gasteiger partial charge in [-0.15, -0.1) is 0 Å². The number of rotatable bonds is 10. The van der Waals surface area contributed by atoms with Crippen LogP contribution in [0.25, 0.3) is 6.08 Å². The summed E-state index contributed by atoms with van der Waals surface area (Å²) in [5.41, 5.74) is 5.72. The zero-order chi connectivity index (χ0) is 30.8. The molecule has 0 aliphatic carbocycles. The average molecular weight is 663 g/mol. The minimum Gasteiger partial charge on any atom is -0.496 e. The van der Waals surface area contributed by atoms with E-state index in [9.17, 15) is 14.4 Å². The zero-order valence-electron chi connectivity index (χ0n) is 25.2.